The number of rotatable bonds is 5. The highest BCUT2D eigenvalue weighted by Gasteiger charge is 2.20. The molecule has 6 nitrogen and oxygen atoms in total. The normalized spacial score (nSPS) is 19.3. The van der Waals surface area contributed by atoms with E-state index in [-0.39, 0.29) is 6.10 Å². The number of nitriles is 1. The first-order chi connectivity index (χ1) is 13.3. The van der Waals surface area contributed by atoms with Crippen LogP contribution in [0.4, 0.5) is 5.82 Å². The van der Waals surface area contributed by atoms with E-state index in [1.165, 1.54) is 0 Å². The molecular formula is C21H29N5O. The van der Waals surface area contributed by atoms with Crippen molar-refractivity contribution in [3.8, 4) is 17.9 Å². The molecular weight excluding hydrogens is 338 g/mol. The van der Waals surface area contributed by atoms with Gasteiger partial charge in [-0.1, -0.05) is 24.8 Å². The molecule has 0 saturated carbocycles. The van der Waals surface area contributed by atoms with Crippen LogP contribution in [-0.4, -0.2) is 79.9 Å². The standard InChI is InChI=1S/C21H29N5O/c1-2-24-13-15-25(16-14-24)10-3-4-17-27-20-8-11-26(12-9-20)21-7-5-6-19(18-22)23-21/h5-7,20H,2,8-17H2,1H3. The van der Waals surface area contributed by atoms with Crippen molar-refractivity contribution < 1.29 is 4.74 Å². The van der Waals surface area contributed by atoms with Crippen LogP contribution < -0.4 is 4.90 Å². The van der Waals surface area contributed by atoms with Crippen LogP contribution in [0.15, 0.2) is 18.2 Å². The van der Waals surface area contributed by atoms with Gasteiger partial charge in [0.1, 0.15) is 24.2 Å². The van der Waals surface area contributed by atoms with E-state index in [9.17, 15) is 0 Å². The molecule has 0 spiro atoms. The highest BCUT2D eigenvalue weighted by molar-refractivity contribution is 5.41. The Balaban J connectivity index is 1.33. The van der Waals surface area contributed by atoms with Gasteiger partial charge in [-0.2, -0.15) is 5.26 Å². The Morgan fingerprint density at radius 1 is 1.07 bits per heavy atom. The summed E-state index contributed by atoms with van der Waals surface area (Å²) < 4.78 is 5.94. The van der Waals surface area contributed by atoms with E-state index >= 15 is 0 Å². The summed E-state index contributed by atoms with van der Waals surface area (Å²) in [4.78, 5) is 11.5. The van der Waals surface area contributed by atoms with Crippen LogP contribution in [0.5, 0.6) is 0 Å². The average Bonchev–Trinajstić information content (AvgIpc) is 2.74. The van der Waals surface area contributed by atoms with Crippen molar-refractivity contribution >= 4 is 5.82 Å². The molecule has 6 heteroatoms. The lowest BCUT2D eigenvalue weighted by molar-refractivity contribution is 0.0593. The van der Waals surface area contributed by atoms with Gasteiger partial charge in [0.25, 0.3) is 0 Å². The van der Waals surface area contributed by atoms with Crippen LogP contribution in [0.2, 0.25) is 0 Å². The second kappa shape index (κ2) is 10.3. The average molecular weight is 367 g/mol. The molecule has 0 unspecified atom stereocenters. The molecule has 0 amide bonds. The Labute approximate surface area is 162 Å². The smallest absolute Gasteiger partial charge is 0.142 e. The van der Waals surface area contributed by atoms with Crippen molar-refractivity contribution in [1.29, 1.82) is 5.26 Å². The molecule has 0 atom stereocenters. The van der Waals surface area contributed by atoms with Crippen LogP contribution in [-0.2, 0) is 4.74 Å². The van der Waals surface area contributed by atoms with Crippen LogP contribution in [0.25, 0.3) is 0 Å². The summed E-state index contributed by atoms with van der Waals surface area (Å²) >= 11 is 0. The summed E-state index contributed by atoms with van der Waals surface area (Å²) in [6.07, 6.45) is 2.21. The third-order valence-electron chi connectivity index (χ3n) is 5.35. The fourth-order valence-corrected chi connectivity index (χ4v) is 3.56. The number of hydrogen-bond acceptors (Lipinski definition) is 6. The highest BCUT2D eigenvalue weighted by atomic mass is 16.5. The molecule has 2 saturated heterocycles. The molecule has 0 bridgehead atoms. The first-order valence-corrected chi connectivity index (χ1v) is 9.92. The lowest BCUT2D eigenvalue weighted by atomic mass is 10.1. The number of likely N-dealkylation sites (N-methyl/N-ethyl adjacent to an activating group) is 1. The number of anilines is 1. The summed E-state index contributed by atoms with van der Waals surface area (Å²) in [7, 11) is 0. The summed E-state index contributed by atoms with van der Waals surface area (Å²) in [6.45, 7) is 11.1. The lowest BCUT2D eigenvalue weighted by Crippen LogP contribution is -2.46. The van der Waals surface area contributed by atoms with Crippen molar-refractivity contribution in [1.82, 2.24) is 14.8 Å². The zero-order valence-electron chi connectivity index (χ0n) is 16.2. The highest BCUT2D eigenvalue weighted by Crippen LogP contribution is 2.19. The third kappa shape index (κ3) is 5.94. The molecule has 27 heavy (non-hydrogen) atoms. The minimum Gasteiger partial charge on any atom is -0.365 e. The van der Waals surface area contributed by atoms with Crippen LogP contribution in [0, 0.1) is 23.2 Å². The fourth-order valence-electron chi connectivity index (χ4n) is 3.56. The van der Waals surface area contributed by atoms with Gasteiger partial charge in [0.05, 0.1) is 12.6 Å². The van der Waals surface area contributed by atoms with Gasteiger partial charge in [0, 0.05) is 39.3 Å². The Hall–Kier alpha value is -2.12. The van der Waals surface area contributed by atoms with Gasteiger partial charge in [-0.3, -0.25) is 4.90 Å². The summed E-state index contributed by atoms with van der Waals surface area (Å²) in [6, 6.07) is 7.69. The maximum absolute atomic E-state index is 8.98. The number of piperidine rings is 1. The summed E-state index contributed by atoms with van der Waals surface area (Å²) in [5.74, 6) is 7.31. The van der Waals surface area contributed by atoms with E-state index < -0.39 is 0 Å². The zero-order chi connectivity index (χ0) is 18.9. The lowest BCUT2D eigenvalue weighted by Gasteiger charge is -2.32. The molecule has 3 rings (SSSR count). The van der Waals surface area contributed by atoms with Crippen molar-refractivity contribution in [3.05, 3.63) is 23.9 Å². The molecule has 2 aliphatic heterocycles. The SMILES string of the molecule is CCN1CCN(CC#CCOC2CCN(c3cccc(C#N)n3)CC2)CC1. The number of nitrogens with zero attached hydrogens (tertiary/aromatic N) is 5. The molecule has 2 aliphatic rings. The number of piperazine rings is 1. The van der Waals surface area contributed by atoms with Gasteiger partial charge in [0.2, 0.25) is 0 Å². The molecule has 1 aromatic rings. The number of hydrogen-bond donors (Lipinski definition) is 0. The van der Waals surface area contributed by atoms with Gasteiger partial charge in [-0.25, -0.2) is 4.98 Å². The predicted molar refractivity (Wildman–Crippen MR) is 106 cm³/mol. The largest absolute Gasteiger partial charge is 0.365 e. The first-order valence-electron chi connectivity index (χ1n) is 9.92. The van der Waals surface area contributed by atoms with Crippen molar-refractivity contribution in [2.45, 2.75) is 25.9 Å². The summed E-state index contributed by atoms with van der Waals surface area (Å²) in [5.41, 5.74) is 0.470. The Morgan fingerprint density at radius 3 is 2.52 bits per heavy atom. The minimum absolute atomic E-state index is 0.266. The Morgan fingerprint density at radius 2 is 1.81 bits per heavy atom. The Kier molecular flexibility index (Phi) is 7.47. The van der Waals surface area contributed by atoms with Crippen molar-refractivity contribution in [3.63, 3.8) is 0 Å². The first kappa shape index (κ1) is 19.6. The van der Waals surface area contributed by atoms with Gasteiger partial charge in [-0.05, 0) is 31.5 Å². The molecule has 1 aromatic heterocycles. The van der Waals surface area contributed by atoms with E-state index in [1.54, 1.807) is 6.07 Å². The molecule has 144 valence electrons. The van der Waals surface area contributed by atoms with E-state index in [1.807, 2.05) is 12.1 Å². The topological polar surface area (TPSA) is 55.6 Å². The van der Waals surface area contributed by atoms with E-state index in [0.717, 1.165) is 71.0 Å². The molecule has 0 radical (unpaired) electrons. The van der Waals surface area contributed by atoms with Gasteiger partial charge < -0.3 is 14.5 Å². The minimum atomic E-state index is 0.266. The number of pyridine rings is 1. The third-order valence-corrected chi connectivity index (χ3v) is 5.35. The molecule has 0 N–H and O–H groups in total. The monoisotopic (exact) mass is 367 g/mol. The van der Waals surface area contributed by atoms with Gasteiger partial charge in [0.15, 0.2) is 0 Å². The Bertz CT molecular complexity index is 689. The van der Waals surface area contributed by atoms with Crippen molar-refractivity contribution in [2.75, 3.05) is 63.9 Å². The van der Waals surface area contributed by atoms with Gasteiger partial charge in [-0.15, -0.1) is 0 Å². The van der Waals surface area contributed by atoms with Gasteiger partial charge >= 0.3 is 0 Å². The van der Waals surface area contributed by atoms with Crippen LogP contribution in [0.1, 0.15) is 25.5 Å². The van der Waals surface area contributed by atoms with Crippen LogP contribution >= 0.6 is 0 Å². The van der Waals surface area contributed by atoms with E-state index in [4.69, 9.17) is 10.00 Å². The molecule has 0 aliphatic carbocycles. The molecule has 0 aromatic carbocycles. The second-order valence-corrected chi connectivity index (χ2v) is 7.05. The molecule has 2 fully saturated rings. The maximum Gasteiger partial charge on any atom is 0.142 e. The van der Waals surface area contributed by atoms with E-state index in [2.05, 4.69) is 44.5 Å². The quantitative estimate of drug-likeness (QED) is 0.737. The molecule has 3 heterocycles. The fraction of sp³-hybridized carbons (Fsp3) is 0.619. The van der Waals surface area contributed by atoms with Crippen molar-refractivity contribution in [2.24, 2.45) is 0 Å². The summed E-state index contributed by atoms with van der Waals surface area (Å²) in [5, 5.41) is 8.98. The maximum atomic E-state index is 8.98. The van der Waals surface area contributed by atoms with Crippen LogP contribution in [0.3, 0.4) is 0 Å². The number of ether oxygens (including phenoxy) is 1. The second-order valence-electron chi connectivity index (χ2n) is 7.05. The zero-order valence-corrected chi connectivity index (χ0v) is 16.2. The number of aromatic nitrogens is 1. The van der Waals surface area contributed by atoms with E-state index in [0.29, 0.717) is 12.3 Å². The predicted octanol–water partition coefficient (Wildman–Crippen LogP) is 1.58.